The predicted molar refractivity (Wildman–Crippen MR) is 86.9 cm³/mol. The second kappa shape index (κ2) is 7.90. The van der Waals surface area contributed by atoms with E-state index in [0.717, 1.165) is 24.7 Å². The Morgan fingerprint density at radius 2 is 1.95 bits per heavy atom. The van der Waals surface area contributed by atoms with E-state index in [9.17, 15) is 4.39 Å². The van der Waals surface area contributed by atoms with E-state index in [1.807, 2.05) is 12.1 Å². The molecule has 3 heteroatoms. The van der Waals surface area contributed by atoms with Gasteiger partial charge in [0.1, 0.15) is 5.82 Å². The molecule has 0 amide bonds. The highest BCUT2D eigenvalue weighted by molar-refractivity contribution is 5.22. The van der Waals surface area contributed by atoms with Crippen LogP contribution in [0.2, 0.25) is 0 Å². The van der Waals surface area contributed by atoms with Crippen LogP contribution in [0.25, 0.3) is 0 Å². The lowest BCUT2D eigenvalue weighted by atomic mass is 9.93. The molecule has 2 nitrogen and oxygen atoms in total. The number of nitrogens with zero attached hydrogens (tertiary/aromatic N) is 1. The molecule has 21 heavy (non-hydrogen) atoms. The van der Waals surface area contributed by atoms with Crippen LogP contribution in [0, 0.1) is 11.7 Å². The van der Waals surface area contributed by atoms with E-state index in [2.05, 4.69) is 31.1 Å². The average molecular weight is 292 g/mol. The van der Waals surface area contributed by atoms with Crippen LogP contribution in [-0.2, 0) is 0 Å². The van der Waals surface area contributed by atoms with E-state index in [1.165, 1.54) is 25.7 Å². The summed E-state index contributed by atoms with van der Waals surface area (Å²) in [5.74, 6) is 0.284. The molecular formula is C18H29FN2. The van der Waals surface area contributed by atoms with Crippen molar-refractivity contribution in [2.24, 2.45) is 5.92 Å². The summed E-state index contributed by atoms with van der Waals surface area (Å²) in [5, 5.41) is 3.47. The van der Waals surface area contributed by atoms with Crippen molar-refractivity contribution in [3.05, 3.63) is 35.6 Å². The first-order valence-electron chi connectivity index (χ1n) is 8.31. The monoisotopic (exact) mass is 292 g/mol. The fraction of sp³-hybridized carbons (Fsp3) is 0.667. The third-order valence-corrected chi connectivity index (χ3v) is 4.76. The van der Waals surface area contributed by atoms with Gasteiger partial charge in [0.15, 0.2) is 0 Å². The van der Waals surface area contributed by atoms with E-state index in [-0.39, 0.29) is 11.9 Å². The van der Waals surface area contributed by atoms with Gasteiger partial charge < -0.3 is 10.2 Å². The van der Waals surface area contributed by atoms with E-state index in [1.54, 1.807) is 12.1 Å². The zero-order valence-electron chi connectivity index (χ0n) is 13.6. The summed E-state index contributed by atoms with van der Waals surface area (Å²) in [5.41, 5.74) is 0.798. The lowest BCUT2D eigenvalue weighted by molar-refractivity contribution is 0.191. The maximum atomic E-state index is 14.1. The fourth-order valence-corrected chi connectivity index (χ4v) is 3.62. The van der Waals surface area contributed by atoms with Gasteiger partial charge in [0, 0.05) is 24.2 Å². The molecule has 2 rings (SSSR count). The molecule has 0 aromatic heterocycles. The van der Waals surface area contributed by atoms with Gasteiger partial charge in [0.25, 0.3) is 0 Å². The normalized spacial score (nSPS) is 19.1. The van der Waals surface area contributed by atoms with Crippen molar-refractivity contribution in [3.63, 3.8) is 0 Å². The first kappa shape index (κ1) is 16.4. The topological polar surface area (TPSA) is 15.3 Å². The zero-order valence-corrected chi connectivity index (χ0v) is 13.6. The molecule has 0 spiro atoms. The molecule has 1 N–H and O–H groups in total. The Bertz CT molecular complexity index is 429. The van der Waals surface area contributed by atoms with E-state index >= 15 is 0 Å². The zero-order chi connectivity index (χ0) is 15.2. The Morgan fingerprint density at radius 3 is 2.57 bits per heavy atom. The second-order valence-corrected chi connectivity index (χ2v) is 6.41. The second-order valence-electron chi connectivity index (χ2n) is 6.41. The molecule has 1 aromatic rings. The van der Waals surface area contributed by atoms with Crippen LogP contribution in [0.4, 0.5) is 4.39 Å². The van der Waals surface area contributed by atoms with Gasteiger partial charge in [-0.2, -0.15) is 0 Å². The third-order valence-electron chi connectivity index (χ3n) is 4.76. The van der Waals surface area contributed by atoms with Crippen LogP contribution in [0.5, 0.6) is 0 Å². The summed E-state index contributed by atoms with van der Waals surface area (Å²) in [7, 11) is 2.22. The Kier molecular flexibility index (Phi) is 6.19. The Balaban J connectivity index is 2.04. The van der Waals surface area contributed by atoms with Crippen molar-refractivity contribution < 1.29 is 4.39 Å². The molecule has 1 aliphatic carbocycles. The standard InChI is InChI=1S/C18H29FN2/c1-4-20-18(16-11-7-8-12-17(16)19)14(2)13-21(3)15-9-5-6-10-15/h7-8,11-12,14-15,18,20H,4-6,9-10,13H2,1-3H3. The number of rotatable bonds is 7. The Morgan fingerprint density at radius 1 is 1.29 bits per heavy atom. The van der Waals surface area contributed by atoms with E-state index < -0.39 is 0 Å². The maximum absolute atomic E-state index is 14.1. The largest absolute Gasteiger partial charge is 0.310 e. The summed E-state index contributed by atoms with van der Waals surface area (Å²) in [6, 6.07) is 7.96. The van der Waals surface area contributed by atoms with Crippen molar-refractivity contribution in [2.75, 3.05) is 20.1 Å². The number of hydrogen-bond donors (Lipinski definition) is 1. The van der Waals surface area contributed by atoms with Crippen LogP contribution >= 0.6 is 0 Å². The van der Waals surface area contributed by atoms with Gasteiger partial charge in [-0.25, -0.2) is 4.39 Å². The minimum Gasteiger partial charge on any atom is -0.310 e. The van der Waals surface area contributed by atoms with Gasteiger partial charge >= 0.3 is 0 Å². The highest BCUT2D eigenvalue weighted by atomic mass is 19.1. The molecule has 1 fully saturated rings. The molecule has 1 aromatic carbocycles. The van der Waals surface area contributed by atoms with Crippen LogP contribution in [0.15, 0.2) is 24.3 Å². The first-order valence-corrected chi connectivity index (χ1v) is 8.31. The van der Waals surface area contributed by atoms with Gasteiger partial charge in [-0.3, -0.25) is 0 Å². The molecule has 2 atom stereocenters. The van der Waals surface area contributed by atoms with Crippen LogP contribution in [0.1, 0.15) is 51.1 Å². The van der Waals surface area contributed by atoms with Crippen molar-refractivity contribution in [1.82, 2.24) is 10.2 Å². The van der Waals surface area contributed by atoms with Gasteiger partial charge in [-0.1, -0.05) is 44.9 Å². The fourth-order valence-electron chi connectivity index (χ4n) is 3.62. The van der Waals surface area contributed by atoms with Crippen LogP contribution in [-0.4, -0.2) is 31.1 Å². The maximum Gasteiger partial charge on any atom is 0.127 e. The van der Waals surface area contributed by atoms with Crippen LogP contribution < -0.4 is 5.32 Å². The van der Waals surface area contributed by atoms with E-state index in [0.29, 0.717) is 5.92 Å². The molecule has 0 bridgehead atoms. The number of nitrogens with one attached hydrogen (secondary N) is 1. The van der Waals surface area contributed by atoms with Crippen molar-refractivity contribution in [3.8, 4) is 0 Å². The minimum atomic E-state index is -0.0983. The summed E-state index contributed by atoms with van der Waals surface area (Å²) in [6.45, 7) is 6.18. The van der Waals surface area contributed by atoms with Gasteiger partial charge in [-0.15, -0.1) is 0 Å². The van der Waals surface area contributed by atoms with Crippen molar-refractivity contribution in [1.29, 1.82) is 0 Å². The lowest BCUT2D eigenvalue weighted by Gasteiger charge is -2.32. The quantitative estimate of drug-likeness (QED) is 0.817. The Labute approximate surface area is 128 Å². The molecule has 0 aliphatic heterocycles. The predicted octanol–water partition coefficient (Wildman–Crippen LogP) is 3.99. The molecule has 0 heterocycles. The smallest absolute Gasteiger partial charge is 0.127 e. The Hall–Kier alpha value is -0.930. The van der Waals surface area contributed by atoms with Crippen molar-refractivity contribution >= 4 is 0 Å². The molecular weight excluding hydrogens is 263 g/mol. The van der Waals surface area contributed by atoms with Gasteiger partial charge in [-0.05, 0) is 38.4 Å². The van der Waals surface area contributed by atoms with Gasteiger partial charge in [0.2, 0.25) is 0 Å². The molecule has 2 unspecified atom stereocenters. The van der Waals surface area contributed by atoms with Gasteiger partial charge in [0.05, 0.1) is 0 Å². The summed E-state index contributed by atoms with van der Waals surface area (Å²) >= 11 is 0. The number of hydrogen-bond acceptors (Lipinski definition) is 2. The molecule has 0 saturated heterocycles. The van der Waals surface area contributed by atoms with Crippen molar-refractivity contribution in [2.45, 2.75) is 51.6 Å². The lowest BCUT2D eigenvalue weighted by Crippen LogP contribution is -2.38. The third kappa shape index (κ3) is 4.27. The summed E-state index contributed by atoms with van der Waals surface area (Å²) < 4.78 is 14.1. The first-order chi connectivity index (χ1) is 10.1. The minimum absolute atomic E-state index is 0.0834. The number of benzene rings is 1. The highest BCUT2D eigenvalue weighted by Gasteiger charge is 2.26. The van der Waals surface area contributed by atoms with E-state index in [4.69, 9.17) is 0 Å². The number of halogens is 1. The highest BCUT2D eigenvalue weighted by Crippen LogP contribution is 2.28. The summed E-state index contributed by atoms with van der Waals surface area (Å²) in [4.78, 5) is 2.48. The molecule has 1 saturated carbocycles. The van der Waals surface area contributed by atoms with Crippen LogP contribution in [0.3, 0.4) is 0 Å². The molecule has 118 valence electrons. The molecule has 0 radical (unpaired) electrons. The summed E-state index contributed by atoms with van der Waals surface area (Å²) in [6.07, 6.45) is 5.34. The molecule has 1 aliphatic rings. The SMILES string of the molecule is CCNC(c1ccccc1F)C(C)CN(C)C1CCCC1. The average Bonchev–Trinajstić information content (AvgIpc) is 3.00.